The van der Waals surface area contributed by atoms with Crippen molar-refractivity contribution >= 4 is 23.2 Å². The maximum atomic E-state index is 12.4. The Balaban J connectivity index is 2.39. The van der Waals surface area contributed by atoms with E-state index in [1.54, 1.807) is 32.3 Å². The molecule has 0 spiro atoms. The number of hydrogen-bond donors (Lipinski definition) is 1. The zero-order chi connectivity index (χ0) is 14.9. The van der Waals surface area contributed by atoms with Gasteiger partial charge in [0.1, 0.15) is 12.3 Å². The van der Waals surface area contributed by atoms with E-state index in [-0.39, 0.29) is 18.4 Å². The molecule has 2 rings (SSSR count). The lowest BCUT2D eigenvalue weighted by molar-refractivity contribution is -0.131. The number of nitrogen functional groups attached to an aromatic ring is 1. The van der Waals surface area contributed by atoms with Crippen LogP contribution in [0.3, 0.4) is 0 Å². The van der Waals surface area contributed by atoms with E-state index in [1.807, 2.05) is 6.92 Å². The molecule has 0 aromatic heterocycles. The topological polar surface area (TPSA) is 75.9 Å². The largest absolute Gasteiger partial charge is 0.478 e. The molecule has 0 saturated carbocycles. The number of rotatable bonds is 3. The average Bonchev–Trinajstić information content (AvgIpc) is 2.41. The zero-order valence-corrected chi connectivity index (χ0v) is 11.9. The number of ether oxygens (including phenoxy) is 1. The number of hydrogen-bond acceptors (Lipinski definition) is 4. The van der Waals surface area contributed by atoms with Gasteiger partial charge in [0.15, 0.2) is 6.10 Å². The second kappa shape index (κ2) is 5.40. The standard InChI is InChI=1S/C14H19N3O3/c1-4-11-14(19)17(8-13(18)16(2)3)10-7-9(15)5-6-12(10)20-11/h5-7,11H,4,8,15H2,1-3H3. The van der Waals surface area contributed by atoms with E-state index in [9.17, 15) is 9.59 Å². The van der Waals surface area contributed by atoms with Crippen molar-refractivity contribution in [3.05, 3.63) is 18.2 Å². The lowest BCUT2D eigenvalue weighted by Crippen LogP contribution is -2.49. The molecule has 1 heterocycles. The van der Waals surface area contributed by atoms with Crippen molar-refractivity contribution in [2.45, 2.75) is 19.4 Å². The van der Waals surface area contributed by atoms with Crippen LogP contribution in [0.15, 0.2) is 18.2 Å². The third-order valence-corrected chi connectivity index (χ3v) is 3.25. The van der Waals surface area contributed by atoms with Crippen molar-refractivity contribution < 1.29 is 14.3 Å². The second-order valence-electron chi connectivity index (χ2n) is 4.95. The van der Waals surface area contributed by atoms with E-state index in [0.717, 1.165) is 0 Å². The Morgan fingerprint density at radius 1 is 1.45 bits per heavy atom. The van der Waals surface area contributed by atoms with Crippen LogP contribution < -0.4 is 15.4 Å². The number of nitrogens with two attached hydrogens (primary N) is 1. The van der Waals surface area contributed by atoms with Gasteiger partial charge >= 0.3 is 0 Å². The van der Waals surface area contributed by atoms with E-state index in [4.69, 9.17) is 10.5 Å². The SMILES string of the molecule is CCC1Oc2ccc(N)cc2N(CC(=O)N(C)C)C1=O. The number of carbonyl (C=O) groups is 2. The third-order valence-electron chi connectivity index (χ3n) is 3.25. The Bertz CT molecular complexity index is 542. The maximum absolute atomic E-state index is 12.4. The number of benzene rings is 1. The normalized spacial score (nSPS) is 17.4. The molecule has 1 aromatic rings. The van der Waals surface area contributed by atoms with Crippen LogP contribution in [0.4, 0.5) is 11.4 Å². The first kappa shape index (κ1) is 14.2. The van der Waals surface area contributed by atoms with Crippen LogP contribution in [0, 0.1) is 0 Å². The van der Waals surface area contributed by atoms with E-state index in [2.05, 4.69) is 0 Å². The summed E-state index contributed by atoms with van der Waals surface area (Å²) in [7, 11) is 3.32. The van der Waals surface area contributed by atoms with Gasteiger partial charge in [-0.1, -0.05) is 6.92 Å². The van der Waals surface area contributed by atoms with Crippen LogP contribution >= 0.6 is 0 Å². The predicted molar refractivity (Wildman–Crippen MR) is 76.6 cm³/mol. The molecule has 2 amide bonds. The van der Waals surface area contributed by atoms with Gasteiger partial charge in [0.2, 0.25) is 5.91 Å². The van der Waals surface area contributed by atoms with Crippen molar-refractivity contribution in [2.24, 2.45) is 0 Å². The summed E-state index contributed by atoms with van der Waals surface area (Å²) in [6, 6.07) is 5.10. The highest BCUT2D eigenvalue weighted by Gasteiger charge is 2.34. The first-order valence-electron chi connectivity index (χ1n) is 6.51. The fourth-order valence-corrected chi connectivity index (χ4v) is 2.04. The lowest BCUT2D eigenvalue weighted by Gasteiger charge is -2.34. The summed E-state index contributed by atoms with van der Waals surface area (Å²) < 4.78 is 5.65. The number of nitrogens with zero attached hydrogens (tertiary/aromatic N) is 2. The quantitative estimate of drug-likeness (QED) is 0.831. The summed E-state index contributed by atoms with van der Waals surface area (Å²) in [5.41, 5.74) is 6.83. The van der Waals surface area contributed by atoms with Crippen molar-refractivity contribution in [2.75, 3.05) is 31.3 Å². The van der Waals surface area contributed by atoms with Crippen LogP contribution in [0.25, 0.3) is 0 Å². The summed E-state index contributed by atoms with van der Waals surface area (Å²) in [5, 5.41) is 0. The predicted octanol–water partition coefficient (Wildman–Crippen LogP) is 0.861. The van der Waals surface area contributed by atoms with Crippen LogP contribution in [0.5, 0.6) is 5.75 Å². The van der Waals surface area contributed by atoms with E-state index in [1.165, 1.54) is 9.80 Å². The van der Waals surface area contributed by atoms with Crippen LogP contribution in [0.1, 0.15) is 13.3 Å². The molecule has 20 heavy (non-hydrogen) atoms. The summed E-state index contributed by atoms with van der Waals surface area (Å²) in [4.78, 5) is 27.2. The Morgan fingerprint density at radius 3 is 2.75 bits per heavy atom. The number of likely N-dealkylation sites (N-methyl/N-ethyl adjacent to an activating group) is 1. The fraction of sp³-hybridized carbons (Fsp3) is 0.429. The molecule has 0 aliphatic carbocycles. The van der Waals surface area contributed by atoms with Gasteiger partial charge in [0, 0.05) is 19.8 Å². The van der Waals surface area contributed by atoms with Crippen LogP contribution in [-0.4, -0.2) is 43.5 Å². The van der Waals surface area contributed by atoms with Crippen molar-refractivity contribution in [1.82, 2.24) is 4.90 Å². The molecular weight excluding hydrogens is 258 g/mol. The molecule has 2 N–H and O–H groups in total. The van der Waals surface area contributed by atoms with Gasteiger partial charge in [0.05, 0.1) is 5.69 Å². The molecule has 0 bridgehead atoms. The van der Waals surface area contributed by atoms with Gasteiger partial charge in [-0.15, -0.1) is 0 Å². The third kappa shape index (κ3) is 2.54. The van der Waals surface area contributed by atoms with E-state index in [0.29, 0.717) is 23.5 Å². The number of amides is 2. The first-order chi connectivity index (χ1) is 9.43. The zero-order valence-electron chi connectivity index (χ0n) is 11.9. The summed E-state index contributed by atoms with van der Waals surface area (Å²) in [6.07, 6.45) is -0.00365. The van der Waals surface area contributed by atoms with Crippen LogP contribution in [0.2, 0.25) is 0 Å². The fourth-order valence-electron chi connectivity index (χ4n) is 2.04. The molecule has 6 nitrogen and oxygen atoms in total. The Morgan fingerprint density at radius 2 is 2.15 bits per heavy atom. The molecule has 0 fully saturated rings. The van der Waals surface area contributed by atoms with Crippen molar-refractivity contribution in [1.29, 1.82) is 0 Å². The number of anilines is 2. The van der Waals surface area contributed by atoms with Gasteiger partial charge < -0.3 is 15.4 Å². The van der Waals surface area contributed by atoms with Crippen molar-refractivity contribution in [3.63, 3.8) is 0 Å². The molecule has 1 unspecified atom stereocenters. The Hall–Kier alpha value is -2.24. The van der Waals surface area contributed by atoms with Crippen molar-refractivity contribution in [3.8, 4) is 5.75 Å². The van der Waals surface area contributed by atoms with Gasteiger partial charge in [-0.3, -0.25) is 14.5 Å². The van der Waals surface area contributed by atoms with E-state index < -0.39 is 6.10 Å². The monoisotopic (exact) mass is 277 g/mol. The Kier molecular flexibility index (Phi) is 3.83. The van der Waals surface area contributed by atoms with Gasteiger partial charge in [-0.05, 0) is 24.6 Å². The maximum Gasteiger partial charge on any atom is 0.268 e. The molecule has 0 radical (unpaired) electrons. The minimum absolute atomic E-state index is 0.0118. The van der Waals surface area contributed by atoms with E-state index >= 15 is 0 Å². The highest BCUT2D eigenvalue weighted by molar-refractivity contribution is 6.04. The Labute approximate surface area is 118 Å². The highest BCUT2D eigenvalue weighted by Crippen LogP contribution is 2.36. The molecule has 1 aliphatic heterocycles. The first-order valence-corrected chi connectivity index (χ1v) is 6.51. The molecular formula is C14H19N3O3. The van der Waals surface area contributed by atoms with Gasteiger partial charge in [-0.2, -0.15) is 0 Å². The molecule has 6 heteroatoms. The van der Waals surface area contributed by atoms with Crippen LogP contribution in [-0.2, 0) is 9.59 Å². The lowest BCUT2D eigenvalue weighted by atomic mass is 10.1. The summed E-state index contributed by atoms with van der Waals surface area (Å²) >= 11 is 0. The summed E-state index contributed by atoms with van der Waals surface area (Å²) in [5.74, 6) is 0.224. The molecule has 108 valence electrons. The number of carbonyl (C=O) groups excluding carboxylic acids is 2. The average molecular weight is 277 g/mol. The number of fused-ring (bicyclic) bond motifs is 1. The molecule has 1 aromatic carbocycles. The minimum atomic E-state index is -0.555. The van der Waals surface area contributed by atoms with Gasteiger partial charge in [-0.25, -0.2) is 0 Å². The molecule has 1 atom stereocenters. The summed E-state index contributed by atoms with van der Waals surface area (Å²) in [6.45, 7) is 1.86. The second-order valence-corrected chi connectivity index (χ2v) is 4.95. The molecule has 1 aliphatic rings. The molecule has 0 saturated heterocycles. The van der Waals surface area contributed by atoms with Gasteiger partial charge in [0.25, 0.3) is 5.91 Å². The smallest absolute Gasteiger partial charge is 0.268 e. The highest BCUT2D eigenvalue weighted by atomic mass is 16.5. The minimum Gasteiger partial charge on any atom is -0.478 e.